The van der Waals surface area contributed by atoms with Gasteiger partial charge in [-0.3, -0.25) is 4.79 Å². The van der Waals surface area contributed by atoms with Crippen LogP contribution in [-0.4, -0.2) is 61.9 Å². The van der Waals surface area contributed by atoms with Gasteiger partial charge in [-0.15, -0.1) is 0 Å². The fourth-order valence-electron chi connectivity index (χ4n) is 2.25. The van der Waals surface area contributed by atoms with E-state index in [4.69, 9.17) is 14.2 Å². The predicted octanol–water partition coefficient (Wildman–Crippen LogP) is -0.0224. The summed E-state index contributed by atoms with van der Waals surface area (Å²) in [4.78, 5) is 22.7. The van der Waals surface area contributed by atoms with E-state index < -0.39 is 6.10 Å². The van der Waals surface area contributed by atoms with Gasteiger partial charge in [0.1, 0.15) is 0 Å². The molecule has 1 saturated heterocycles. The van der Waals surface area contributed by atoms with E-state index >= 15 is 0 Å². The summed E-state index contributed by atoms with van der Waals surface area (Å²) >= 11 is 0. The van der Waals surface area contributed by atoms with Gasteiger partial charge >= 0.3 is 0 Å². The Hall–Kier alpha value is -2.09. The second kappa shape index (κ2) is 6.35. The van der Waals surface area contributed by atoms with Crippen LogP contribution in [0.4, 0.5) is 5.95 Å². The topological polar surface area (TPSA) is 85.8 Å². The molecule has 3 rings (SSSR count). The van der Waals surface area contributed by atoms with Crippen LogP contribution in [0.15, 0.2) is 6.07 Å². The van der Waals surface area contributed by atoms with Gasteiger partial charge in [0, 0.05) is 12.6 Å². The van der Waals surface area contributed by atoms with Crippen molar-refractivity contribution in [1.29, 1.82) is 0 Å². The number of nitrogens with one attached hydrogen (secondary N) is 1. The first-order valence-electron chi connectivity index (χ1n) is 7.33. The number of ether oxygens (including phenoxy) is 3. The molecule has 8 nitrogen and oxygen atoms in total. The van der Waals surface area contributed by atoms with Gasteiger partial charge < -0.3 is 24.4 Å². The second-order valence-corrected chi connectivity index (χ2v) is 5.34. The van der Waals surface area contributed by atoms with Crippen LogP contribution >= 0.6 is 0 Å². The van der Waals surface area contributed by atoms with Gasteiger partial charge in [-0.05, 0) is 12.8 Å². The van der Waals surface area contributed by atoms with Crippen molar-refractivity contribution in [3.8, 4) is 11.8 Å². The molecule has 2 aliphatic rings. The molecule has 22 heavy (non-hydrogen) atoms. The van der Waals surface area contributed by atoms with Crippen LogP contribution < -0.4 is 19.7 Å². The molecule has 0 aromatic carbocycles. The van der Waals surface area contributed by atoms with Gasteiger partial charge in [-0.2, -0.15) is 9.97 Å². The number of nitrogens with zero attached hydrogens (tertiary/aromatic N) is 3. The molecule has 1 unspecified atom stereocenters. The lowest BCUT2D eigenvalue weighted by Crippen LogP contribution is -2.50. The number of rotatable bonds is 5. The van der Waals surface area contributed by atoms with E-state index in [9.17, 15) is 4.79 Å². The third-order valence-electron chi connectivity index (χ3n) is 3.65. The number of anilines is 1. The highest BCUT2D eigenvalue weighted by atomic mass is 16.5. The first kappa shape index (κ1) is 14.8. The Bertz CT molecular complexity index is 527. The first-order chi connectivity index (χ1) is 10.7. The second-order valence-electron chi connectivity index (χ2n) is 5.34. The standard InChI is InChI=1S/C14H20N4O4/c1-20-11-7-12(21-2)17-14(16-11)18-5-6-22-10(8-18)13(19)15-9-3-4-9/h7,9-10H,3-6,8H2,1-2H3,(H,15,19). The van der Waals surface area contributed by atoms with Crippen LogP contribution in [-0.2, 0) is 9.53 Å². The fourth-order valence-corrected chi connectivity index (χ4v) is 2.25. The Balaban J connectivity index is 1.71. The molecule has 0 spiro atoms. The highest BCUT2D eigenvalue weighted by Crippen LogP contribution is 2.23. The molecule has 1 amide bonds. The Morgan fingerprint density at radius 2 is 2.00 bits per heavy atom. The van der Waals surface area contributed by atoms with Crippen LogP contribution in [0.25, 0.3) is 0 Å². The summed E-state index contributed by atoms with van der Waals surface area (Å²) < 4.78 is 15.9. The van der Waals surface area contributed by atoms with E-state index in [1.54, 1.807) is 6.07 Å². The number of hydrogen-bond acceptors (Lipinski definition) is 7. The van der Waals surface area contributed by atoms with Gasteiger partial charge in [0.05, 0.1) is 33.4 Å². The summed E-state index contributed by atoms with van der Waals surface area (Å²) in [5.41, 5.74) is 0. The van der Waals surface area contributed by atoms with Gasteiger partial charge in [0.2, 0.25) is 17.7 Å². The maximum Gasteiger partial charge on any atom is 0.251 e. The number of methoxy groups -OCH3 is 2. The number of carbonyl (C=O) groups is 1. The van der Waals surface area contributed by atoms with Crippen molar-refractivity contribution in [2.45, 2.75) is 25.0 Å². The lowest BCUT2D eigenvalue weighted by Gasteiger charge is -2.32. The molecule has 2 heterocycles. The van der Waals surface area contributed by atoms with E-state index in [1.165, 1.54) is 14.2 Å². The minimum absolute atomic E-state index is 0.0675. The maximum atomic E-state index is 12.1. The predicted molar refractivity (Wildman–Crippen MR) is 78.3 cm³/mol. The zero-order valence-electron chi connectivity index (χ0n) is 12.7. The number of amides is 1. The third-order valence-corrected chi connectivity index (χ3v) is 3.65. The molecule has 120 valence electrons. The molecule has 1 atom stereocenters. The smallest absolute Gasteiger partial charge is 0.251 e. The average Bonchev–Trinajstić information content (AvgIpc) is 3.38. The minimum atomic E-state index is -0.504. The zero-order valence-corrected chi connectivity index (χ0v) is 12.7. The normalized spacial score (nSPS) is 21.4. The van der Waals surface area contributed by atoms with Crippen molar-refractivity contribution in [1.82, 2.24) is 15.3 Å². The van der Waals surface area contributed by atoms with E-state index in [-0.39, 0.29) is 5.91 Å². The molecule has 1 aromatic heterocycles. The van der Waals surface area contributed by atoms with Crippen LogP contribution in [0.3, 0.4) is 0 Å². The zero-order chi connectivity index (χ0) is 15.5. The maximum absolute atomic E-state index is 12.1. The molecule has 2 fully saturated rings. The van der Waals surface area contributed by atoms with Crippen molar-refractivity contribution in [2.24, 2.45) is 0 Å². The fraction of sp³-hybridized carbons (Fsp3) is 0.643. The highest BCUT2D eigenvalue weighted by Gasteiger charge is 2.32. The monoisotopic (exact) mass is 308 g/mol. The third kappa shape index (κ3) is 3.38. The lowest BCUT2D eigenvalue weighted by atomic mass is 10.2. The number of hydrogen-bond donors (Lipinski definition) is 1. The summed E-state index contributed by atoms with van der Waals surface area (Å²) in [5, 5.41) is 2.96. The van der Waals surface area contributed by atoms with E-state index in [0.29, 0.717) is 43.4 Å². The summed E-state index contributed by atoms with van der Waals surface area (Å²) in [6.07, 6.45) is 1.60. The van der Waals surface area contributed by atoms with E-state index in [0.717, 1.165) is 12.8 Å². The van der Waals surface area contributed by atoms with Gasteiger partial charge in [0.25, 0.3) is 5.91 Å². The quantitative estimate of drug-likeness (QED) is 0.818. The molecule has 0 bridgehead atoms. The number of morpholine rings is 1. The molecule has 1 saturated carbocycles. The molecule has 1 aliphatic heterocycles. The van der Waals surface area contributed by atoms with Crippen molar-refractivity contribution in [3.05, 3.63) is 6.07 Å². The molecule has 1 N–H and O–H groups in total. The molecular weight excluding hydrogens is 288 g/mol. The van der Waals surface area contributed by atoms with Crippen LogP contribution in [0.5, 0.6) is 11.8 Å². The molecule has 1 aliphatic carbocycles. The Morgan fingerprint density at radius 3 is 2.59 bits per heavy atom. The van der Waals surface area contributed by atoms with Crippen molar-refractivity contribution in [3.63, 3.8) is 0 Å². The number of carbonyl (C=O) groups excluding carboxylic acids is 1. The van der Waals surface area contributed by atoms with Crippen molar-refractivity contribution < 1.29 is 19.0 Å². The van der Waals surface area contributed by atoms with Crippen molar-refractivity contribution >= 4 is 11.9 Å². The summed E-state index contributed by atoms with van der Waals surface area (Å²) in [5.74, 6) is 1.26. The minimum Gasteiger partial charge on any atom is -0.481 e. The van der Waals surface area contributed by atoms with Gasteiger partial charge in [0.15, 0.2) is 6.10 Å². The number of aromatic nitrogens is 2. The Kier molecular flexibility index (Phi) is 4.28. The van der Waals surface area contributed by atoms with E-state index in [2.05, 4.69) is 15.3 Å². The Morgan fingerprint density at radius 1 is 1.32 bits per heavy atom. The van der Waals surface area contributed by atoms with Crippen LogP contribution in [0.1, 0.15) is 12.8 Å². The van der Waals surface area contributed by atoms with Crippen LogP contribution in [0, 0.1) is 0 Å². The lowest BCUT2D eigenvalue weighted by molar-refractivity contribution is -0.133. The highest BCUT2D eigenvalue weighted by molar-refractivity contribution is 5.82. The van der Waals surface area contributed by atoms with Gasteiger partial charge in [-0.25, -0.2) is 0 Å². The van der Waals surface area contributed by atoms with Gasteiger partial charge in [-0.1, -0.05) is 0 Å². The molecule has 1 aromatic rings. The van der Waals surface area contributed by atoms with Crippen molar-refractivity contribution in [2.75, 3.05) is 38.8 Å². The SMILES string of the molecule is COc1cc(OC)nc(N2CCOC(C(=O)NC3CC3)C2)n1. The van der Waals surface area contributed by atoms with E-state index in [1.807, 2.05) is 4.90 Å². The largest absolute Gasteiger partial charge is 0.481 e. The summed E-state index contributed by atoms with van der Waals surface area (Å²) in [7, 11) is 3.08. The summed E-state index contributed by atoms with van der Waals surface area (Å²) in [6.45, 7) is 1.48. The molecule has 0 radical (unpaired) electrons. The molecular formula is C14H20N4O4. The Labute approximate surface area is 128 Å². The van der Waals surface area contributed by atoms with Crippen LogP contribution in [0.2, 0.25) is 0 Å². The summed E-state index contributed by atoms with van der Waals surface area (Å²) in [6, 6.07) is 1.93. The average molecular weight is 308 g/mol. The first-order valence-corrected chi connectivity index (χ1v) is 7.33. The molecule has 8 heteroatoms.